The van der Waals surface area contributed by atoms with Crippen molar-refractivity contribution in [3.63, 3.8) is 0 Å². The van der Waals surface area contributed by atoms with Crippen molar-refractivity contribution in [2.24, 2.45) is 5.92 Å². The van der Waals surface area contributed by atoms with Crippen LogP contribution >= 0.6 is 0 Å². The fraction of sp³-hybridized carbons (Fsp3) is 0.400. The molecule has 2 aromatic rings. The van der Waals surface area contributed by atoms with Gasteiger partial charge in [0.05, 0.1) is 5.56 Å². The number of likely N-dealkylation sites (tertiary alicyclic amines) is 1. The predicted octanol–water partition coefficient (Wildman–Crippen LogP) is 2.23. The number of nitrogens with zero attached hydrogens (tertiary/aromatic N) is 4. The molecule has 0 saturated carbocycles. The third kappa shape index (κ3) is 6.14. The monoisotopic (exact) mass is 436 g/mol. The number of hydrogen-bond donors (Lipinski definition) is 2. The molecule has 0 atom stereocenters. The molecule has 1 saturated heterocycles. The number of aryl methyl sites for hydroxylation is 1. The zero-order valence-corrected chi connectivity index (χ0v) is 17.1. The Hall–Kier alpha value is -3.21. The molecule has 1 aliphatic heterocycles. The van der Waals surface area contributed by atoms with Crippen molar-refractivity contribution in [2.45, 2.75) is 25.9 Å². The first kappa shape index (κ1) is 22.5. The van der Waals surface area contributed by atoms with Crippen LogP contribution in [0.1, 0.15) is 24.0 Å². The molecule has 0 unspecified atom stereocenters. The zero-order chi connectivity index (χ0) is 22.6. The van der Waals surface area contributed by atoms with Crippen molar-refractivity contribution in [1.82, 2.24) is 30.5 Å². The number of hydrazine groups is 1. The standard InChI is InChI=1S/C20H23F3N6O2/c1-13-9-15(11-16(10-13)20(21,22)23)18-24-12-29(27-18)8-5-17(30)25-26-19(31)14-3-6-28(2)7-4-14/h5,8-12,14H,3-4,6-7H2,1-2H3,(H,25,30)(H,26,31)/b8-5-. The van der Waals surface area contributed by atoms with Gasteiger partial charge in [0.15, 0.2) is 5.82 Å². The van der Waals surface area contributed by atoms with E-state index in [1.54, 1.807) is 13.0 Å². The number of halogens is 3. The molecule has 1 fully saturated rings. The van der Waals surface area contributed by atoms with E-state index in [0.29, 0.717) is 5.56 Å². The summed E-state index contributed by atoms with van der Waals surface area (Å²) in [6.07, 6.45) is 0.666. The highest BCUT2D eigenvalue weighted by molar-refractivity contribution is 5.92. The Balaban J connectivity index is 1.57. The first-order valence-electron chi connectivity index (χ1n) is 9.69. The lowest BCUT2D eigenvalue weighted by molar-refractivity contribution is -0.137. The number of rotatable bonds is 4. The molecule has 1 aromatic heterocycles. The van der Waals surface area contributed by atoms with Gasteiger partial charge < -0.3 is 4.90 Å². The molecule has 8 nitrogen and oxygen atoms in total. The molecule has 0 aliphatic carbocycles. The molecular formula is C20H23F3N6O2. The first-order valence-corrected chi connectivity index (χ1v) is 9.69. The number of nitrogens with one attached hydrogen (secondary N) is 2. The van der Waals surface area contributed by atoms with Gasteiger partial charge in [-0.3, -0.25) is 20.4 Å². The molecule has 2 heterocycles. The smallest absolute Gasteiger partial charge is 0.306 e. The average Bonchev–Trinajstić information content (AvgIpc) is 3.19. The Bertz CT molecular complexity index is 978. The maximum atomic E-state index is 13.0. The summed E-state index contributed by atoms with van der Waals surface area (Å²) in [5, 5.41) is 4.07. The highest BCUT2D eigenvalue weighted by atomic mass is 19.4. The number of carbonyl (C=O) groups excluding carboxylic acids is 2. The fourth-order valence-electron chi connectivity index (χ4n) is 3.24. The van der Waals surface area contributed by atoms with Gasteiger partial charge in [0.1, 0.15) is 6.33 Å². The second-order valence-electron chi connectivity index (χ2n) is 7.51. The molecular weight excluding hydrogens is 413 g/mol. The van der Waals surface area contributed by atoms with Gasteiger partial charge in [0.25, 0.3) is 5.91 Å². The Morgan fingerprint density at radius 3 is 2.55 bits per heavy atom. The van der Waals surface area contributed by atoms with Gasteiger partial charge in [0.2, 0.25) is 5.91 Å². The topological polar surface area (TPSA) is 92.2 Å². The summed E-state index contributed by atoms with van der Waals surface area (Å²) in [5.74, 6) is -0.866. The normalized spacial score (nSPS) is 15.9. The van der Waals surface area contributed by atoms with Crippen LogP contribution in [0, 0.1) is 12.8 Å². The third-order valence-corrected chi connectivity index (χ3v) is 4.95. The lowest BCUT2D eigenvalue weighted by atomic mass is 9.97. The second kappa shape index (κ2) is 9.29. The largest absolute Gasteiger partial charge is 0.416 e. The van der Waals surface area contributed by atoms with E-state index >= 15 is 0 Å². The Kier molecular flexibility index (Phi) is 6.74. The molecule has 0 bridgehead atoms. The van der Waals surface area contributed by atoms with E-state index in [4.69, 9.17) is 0 Å². The summed E-state index contributed by atoms with van der Waals surface area (Å²) >= 11 is 0. The minimum absolute atomic E-state index is 0.0924. The summed E-state index contributed by atoms with van der Waals surface area (Å²) in [7, 11) is 1.99. The maximum absolute atomic E-state index is 13.0. The highest BCUT2D eigenvalue weighted by Gasteiger charge is 2.31. The van der Waals surface area contributed by atoms with Gasteiger partial charge in [-0.05, 0) is 63.7 Å². The molecule has 2 N–H and O–H groups in total. The summed E-state index contributed by atoms with van der Waals surface area (Å²) in [6.45, 7) is 3.21. The van der Waals surface area contributed by atoms with Gasteiger partial charge in [-0.2, -0.15) is 13.2 Å². The minimum Gasteiger partial charge on any atom is -0.306 e. The maximum Gasteiger partial charge on any atom is 0.416 e. The number of piperidine rings is 1. The Morgan fingerprint density at radius 2 is 1.87 bits per heavy atom. The van der Waals surface area contributed by atoms with Crippen LogP contribution in [0.15, 0.2) is 30.6 Å². The molecule has 0 spiro atoms. The molecule has 2 amide bonds. The molecule has 3 rings (SSSR count). The average molecular weight is 436 g/mol. The van der Waals surface area contributed by atoms with Crippen LogP contribution in [0.4, 0.5) is 13.2 Å². The Morgan fingerprint density at radius 1 is 1.16 bits per heavy atom. The van der Waals surface area contributed by atoms with E-state index < -0.39 is 17.6 Å². The molecule has 31 heavy (non-hydrogen) atoms. The zero-order valence-electron chi connectivity index (χ0n) is 17.1. The summed E-state index contributed by atoms with van der Waals surface area (Å²) in [4.78, 5) is 30.2. The molecule has 1 aliphatic rings. The van der Waals surface area contributed by atoms with Crippen LogP contribution < -0.4 is 10.9 Å². The molecule has 0 radical (unpaired) electrons. The van der Waals surface area contributed by atoms with E-state index in [2.05, 4.69) is 25.8 Å². The summed E-state index contributed by atoms with van der Waals surface area (Å²) in [6, 6.07) is 3.57. The van der Waals surface area contributed by atoms with Gasteiger partial charge in [-0.1, -0.05) is 0 Å². The number of carbonyl (C=O) groups is 2. The quantitative estimate of drug-likeness (QED) is 0.567. The second-order valence-corrected chi connectivity index (χ2v) is 7.51. The third-order valence-electron chi connectivity index (χ3n) is 4.95. The van der Waals surface area contributed by atoms with Crippen molar-refractivity contribution in [1.29, 1.82) is 0 Å². The Labute approximate surface area is 177 Å². The number of alkyl halides is 3. The van der Waals surface area contributed by atoms with Crippen LogP contribution in [-0.4, -0.2) is 51.6 Å². The van der Waals surface area contributed by atoms with E-state index in [0.717, 1.165) is 44.1 Å². The summed E-state index contributed by atoms with van der Waals surface area (Å²) < 4.78 is 40.2. The van der Waals surface area contributed by atoms with Crippen LogP contribution in [0.3, 0.4) is 0 Å². The van der Waals surface area contributed by atoms with Crippen molar-refractivity contribution in [3.8, 4) is 11.4 Å². The minimum atomic E-state index is -4.47. The first-order chi connectivity index (χ1) is 14.6. The number of amides is 2. The van der Waals surface area contributed by atoms with Gasteiger partial charge >= 0.3 is 6.18 Å². The lowest BCUT2D eigenvalue weighted by Crippen LogP contribution is -2.46. The van der Waals surface area contributed by atoms with E-state index in [-0.39, 0.29) is 23.2 Å². The SMILES string of the molecule is Cc1cc(-c2ncn(/C=C\C(=O)NNC(=O)C3CCN(C)CC3)n2)cc(C(F)(F)F)c1. The van der Waals surface area contributed by atoms with Crippen LogP contribution in [0.5, 0.6) is 0 Å². The van der Waals surface area contributed by atoms with Gasteiger partial charge in [0, 0.05) is 23.8 Å². The van der Waals surface area contributed by atoms with Crippen molar-refractivity contribution >= 4 is 18.0 Å². The van der Waals surface area contributed by atoms with E-state index in [1.807, 2.05) is 7.05 Å². The van der Waals surface area contributed by atoms with Crippen LogP contribution in [0.25, 0.3) is 17.6 Å². The number of aromatic nitrogens is 3. The van der Waals surface area contributed by atoms with Crippen molar-refractivity contribution in [2.75, 3.05) is 20.1 Å². The lowest BCUT2D eigenvalue weighted by Gasteiger charge is -2.27. The fourth-order valence-corrected chi connectivity index (χ4v) is 3.24. The molecule has 166 valence electrons. The number of benzene rings is 1. The highest BCUT2D eigenvalue weighted by Crippen LogP contribution is 2.32. The summed E-state index contributed by atoms with van der Waals surface area (Å²) in [5.41, 5.74) is 4.57. The van der Waals surface area contributed by atoms with Crippen molar-refractivity contribution in [3.05, 3.63) is 41.7 Å². The molecule has 1 aromatic carbocycles. The number of hydrogen-bond acceptors (Lipinski definition) is 5. The van der Waals surface area contributed by atoms with E-state index in [1.165, 1.54) is 17.2 Å². The van der Waals surface area contributed by atoms with Gasteiger partial charge in [-0.25, -0.2) is 9.67 Å². The predicted molar refractivity (Wildman–Crippen MR) is 107 cm³/mol. The van der Waals surface area contributed by atoms with E-state index in [9.17, 15) is 22.8 Å². The molecule has 11 heteroatoms. The van der Waals surface area contributed by atoms with Crippen LogP contribution in [0.2, 0.25) is 0 Å². The van der Waals surface area contributed by atoms with Crippen molar-refractivity contribution < 1.29 is 22.8 Å². The van der Waals surface area contributed by atoms with Gasteiger partial charge in [-0.15, -0.1) is 5.10 Å². The van der Waals surface area contributed by atoms with Crippen LogP contribution in [-0.2, 0) is 15.8 Å².